The van der Waals surface area contributed by atoms with Crippen LogP contribution in [0.1, 0.15) is 0 Å². The Kier molecular flexibility index (Phi) is 4.19. The van der Waals surface area contributed by atoms with Gasteiger partial charge >= 0.3 is 5.91 Å². The largest absolute Gasteiger partial charge is 0.493 e. The average Bonchev–Trinajstić information content (AvgIpc) is 2.86. The van der Waals surface area contributed by atoms with Crippen LogP contribution in [-0.2, 0) is 4.79 Å². The minimum atomic E-state index is -0.699. The molecule has 0 spiro atoms. The first kappa shape index (κ1) is 15.6. The van der Waals surface area contributed by atoms with Gasteiger partial charge < -0.3 is 14.8 Å². The lowest BCUT2D eigenvalue weighted by Crippen LogP contribution is -2.07. The van der Waals surface area contributed by atoms with Crippen molar-refractivity contribution in [3.63, 3.8) is 0 Å². The van der Waals surface area contributed by atoms with Crippen molar-refractivity contribution in [1.29, 1.82) is 0 Å². The molecule has 0 radical (unpaired) electrons. The van der Waals surface area contributed by atoms with Crippen molar-refractivity contribution in [3.05, 3.63) is 54.1 Å². The van der Waals surface area contributed by atoms with Crippen molar-refractivity contribution in [2.45, 2.75) is 0 Å². The number of hydrogen-bond acceptors (Lipinski definition) is 4. The fourth-order valence-corrected chi connectivity index (χ4v) is 2.05. The highest BCUT2D eigenvalue weighted by molar-refractivity contribution is 5.94. The van der Waals surface area contributed by atoms with Gasteiger partial charge in [0.15, 0.2) is 12.3 Å². The molecule has 0 saturated heterocycles. The molecule has 0 aliphatic carbocycles. The predicted molar refractivity (Wildman–Crippen MR) is 81.3 cm³/mol. The van der Waals surface area contributed by atoms with E-state index in [9.17, 15) is 18.7 Å². The Labute approximate surface area is 134 Å². The van der Waals surface area contributed by atoms with Gasteiger partial charge in [0.1, 0.15) is 17.4 Å². The summed E-state index contributed by atoms with van der Waals surface area (Å²) in [5, 5.41) is 17.3. The molecule has 2 N–H and O–H groups in total. The van der Waals surface area contributed by atoms with Crippen molar-refractivity contribution in [2.75, 3.05) is 6.61 Å². The van der Waals surface area contributed by atoms with Crippen molar-refractivity contribution >= 4 is 22.5 Å². The molecular weight excluding hydrogens is 320 g/mol. The molecule has 1 aromatic heterocycles. The summed E-state index contributed by atoms with van der Waals surface area (Å²) >= 11 is 0. The lowest BCUT2D eigenvalue weighted by molar-refractivity contribution is -0.120. The van der Waals surface area contributed by atoms with Gasteiger partial charge in [0, 0.05) is 5.39 Å². The number of aromatic hydroxyl groups is 1. The van der Waals surface area contributed by atoms with Crippen LogP contribution in [0, 0.1) is 11.6 Å². The van der Waals surface area contributed by atoms with Crippen molar-refractivity contribution < 1.29 is 23.4 Å². The number of aromatic amines is 1. The van der Waals surface area contributed by atoms with E-state index in [1.54, 1.807) is 0 Å². The maximum Gasteiger partial charge on any atom is 0.302 e. The van der Waals surface area contributed by atoms with E-state index in [1.165, 1.54) is 42.5 Å². The topological polar surface area (TPSA) is 87.0 Å². The molecule has 0 saturated carbocycles. The minimum absolute atomic E-state index is 0.0279. The summed E-state index contributed by atoms with van der Waals surface area (Å²) in [7, 11) is 0. The molecule has 0 bridgehead atoms. The molecule has 8 heteroatoms. The molecule has 0 atom stereocenters. The number of aromatic nitrogens is 1. The number of carbonyl (C=O) groups excluding carboxylic acids is 1. The molecule has 0 unspecified atom stereocenters. The van der Waals surface area contributed by atoms with Gasteiger partial charge in [0.05, 0.1) is 5.52 Å². The van der Waals surface area contributed by atoms with E-state index in [0.717, 1.165) is 0 Å². The molecule has 0 aliphatic heterocycles. The van der Waals surface area contributed by atoms with Crippen LogP contribution in [-0.4, -0.2) is 22.6 Å². The summed E-state index contributed by atoms with van der Waals surface area (Å²) in [6.45, 7) is -0.396. The monoisotopic (exact) mass is 331 g/mol. The van der Waals surface area contributed by atoms with Gasteiger partial charge in [-0.15, -0.1) is 10.2 Å². The summed E-state index contributed by atoms with van der Waals surface area (Å²) in [6, 6.07) is 8.95. The van der Waals surface area contributed by atoms with E-state index in [2.05, 4.69) is 15.2 Å². The number of amides is 1. The number of hydrogen-bond donors (Lipinski definition) is 2. The van der Waals surface area contributed by atoms with Crippen LogP contribution >= 0.6 is 0 Å². The summed E-state index contributed by atoms with van der Waals surface area (Å²) in [5.41, 5.74) is 0.358. The highest BCUT2D eigenvalue weighted by Gasteiger charge is 2.11. The molecule has 2 aromatic carbocycles. The van der Waals surface area contributed by atoms with Gasteiger partial charge in [-0.05, 0) is 42.5 Å². The number of azo groups is 1. The van der Waals surface area contributed by atoms with Crippen LogP contribution in [0.2, 0.25) is 0 Å². The van der Waals surface area contributed by atoms with Gasteiger partial charge in [-0.25, -0.2) is 8.78 Å². The van der Waals surface area contributed by atoms with Crippen LogP contribution in [0.15, 0.2) is 52.7 Å². The van der Waals surface area contributed by atoms with E-state index >= 15 is 0 Å². The zero-order valence-corrected chi connectivity index (χ0v) is 12.2. The maximum absolute atomic E-state index is 13.1. The second-order valence-corrected chi connectivity index (χ2v) is 4.85. The fourth-order valence-electron chi connectivity index (χ4n) is 2.05. The minimum Gasteiger partial charge on any atom is -0.493 e. The molecule has 3 aromatic rings. The standard InChI is InChI=1S/C16H11F2N3O3/c17-9-1-4-11(5-2-9)24-8-14(22)20-21-15-12-6-3-10(18)7-13(12)19-16(15)23/h1-7,19,23H,8H2. The molecule has 6 nitrogen and oxygen atoms in total. The molecule has 1 heterocycles. The normalized spacial score (nSPS) is 11.2. The Morgan fingerprint density at radius 3 is 2.58 bits per heavy atom. The Morgan fingerprint density at radius 2 is 1.83 bits per heavy atom. The highest BCUT2D eigenvalue weighted by Crippen LogP contribution is 2.35. The third-order valence-corrected chi connectivity index (χ3v) is 3.15. The van der Waals surface area contributed by atoms with Gasteiger partial charge in [0.25, 0.3) is 0 Å². The zero-order chi connectivity index (χ0) is 17.1. The smallest absolute Gasteiger partial charge is 0.302 e. The van der Waals surface area contributed by atoms with Crippen LogP contribution in [0.5, 0.6) is 11.6 Å². The van der Waals surface area contributed by atoms with Crippen molar-refractivity contribution in [1.82, 2.24) is 4.98 Å². The van der Waals surface area contributed by atoms with Gasteiger partial charge in [0.2, 0.25) is 5.88 Å². The Balaban J connectivity index is 1.70. The molecule has 3 rings (SSSR count). The molecule has 122 valence electrons. The molecule has 0 fully saturated rings. The lowest BCUT2D eigenvalue weighted by Gasteiger charge is -2.02. The number of carbonyl (C=O) groups is 1. The Morgan fingerprint density at radius 1 is 1.12 bits per heavy atom. The SMILES string of the molecule is O=C(COc1ccc(F)cc1)N=Nc1c(O)[nH]c2cc(F)ccc12. The van der Waals surface area contributed by atoms with E-state index < -0.39 is 24.1 Å². The van der Waals surface area contributed by atoms with Crippen LogP contribution in [0.3, 0.4) is 0 Å². The predicted octanol–water partition coefficient (Wildman–Crippen LogP) is 3.84. The van der Waals surface area contributed by atoms with Crippen LogP contribution in [0.4, 0.5) is 14.5 Å². The molecular formula is C16H11F2N3O3. The number of nitrogens with one attached hydrogen (secondary N) is 1. The van der Waals surface area contributed by atoms with E-state index in [-0.39, 0.29) is 11.6 Å². The van der Waals surface area contributed by atoms with Crippen LogP contribution < -0.4 is 4.74 Å². The summed E-state index contributed by atoms with van der Waals surface area (Å²) in [5.74, 6) is -1.61. The van der Waals surface area contributed by atoms with Gasteiger partial charge in [-0.3, -0.25) is 4.79 Å². The highest BCUT2D eigenvalue weighted by atomic mass is 19.1. The molecule has 0 aliphatic rings. The number of rotatable bonds is 4. The number of H-pyrrole nitrogens is 1. The molecule has 24 heavy (non-hydrogen) atoms. The van der Waals surface area contributed by atoms with Gasteiger partial charge in [-0.1, -0.05) is 0 Å². The first-order valence-electron chi connectivity index (χ1n) is 6.86. The summed E-state index contributed by atoms with van der Waals surface area (Å²) in [4.78, 5) is 14.2. The van der Waals surface area contributed by atoms with E-state index in [4.69, 9.17) is 4.74 Å². The number of ether oxygens (including phenoxy) is 1. The van der Waals surface area contributed by atoms with Crippen molar-refractivity contribution in [3.8, 4) is 11.6 Å². The van der Waals surface area contributed by atoms with Crippen LogP contribution in [0.25, 0.3) is 10.9 Å². The first-order chi connectivity index (χ1) is 11.5. The quantitative estimate of drug-likeness (QED) is 0.712. The zero-order valence-electron chi connectivity index (χ0n) is 12.2. The lowest BCUT2D eigenvalue weighted by atomic mass is 10.2. The number of nitrogens with zero attached hydrogens (tertiary/aromatic N) is 2. The van der Waals surface area contributed by atoms with Gasteiger partial charge in [-0.2, -0.15) is 0 Å². The third-order valence-electron chi connectivity index (χ3n) is 3.15. The van der Waals surface area contributed by atoms with E-state index in [1.807, 2.05) is 0 Å². The Bertz CT molecular complexity index is 920. The maximum atomic E-state index is 13.1. The Hall–Kier alpha value is -3.29. The average molecular weight is 331 g/mol. The van der Waals surface area contributed by atoms with E-state index in [0.29, 0.717) is 16.7 Å². The van der Waals surface area contributed by atoms with Crippen molar-refractivity contribution in [2.24, 2.45) is 10.2 Å². The number of benzene rings is 2. The second-order valence-electron chi connectivity index (χ2n) is 4.85. The number of fused-ring (bicyclic) bond motifs is 1. The summed E-state index contributed by atoms with van der Waals surface area (Å²) < 4.78 is 31.0. The third kappa shape index (κ3) is 3.37. The fraction of sp³-hybridized carbons (Fsp3) is 0.0625. The first-order valence-corrected chi connectivity index (χ1v) is 6.86. The summed E-state index contributed by atoms with van der Waals surface area (Å²) in [6.07, 6.45) is 0. The second kappa shape index (κ2) is 6.45. The molecule has 1 amide bonds. The number of halogens is 2.